The van der Waals surface area contributed by atoms with Gasteiger partial charge < -0.3 is 16.2 Å². The van der Waals surface area contributed by atoms with E-state index in [4.69, 9.17) is 28.9 Å². The minimum Gasteiger partial charge on any atom is -0.505 e. The van der Waals surface area contributed by atoms with Crippen LogP contribution in [0.4, 0.5) is 5.69 Å². The Morgan fingerprint density at radius 2 is 1.71 bits per heavy atom. The Hall–Kier alpha value is -1.75. The Morgan fingerprint density at radius 3 is 2.24 bits per heavy atom. The number of aromatic hydroxyl groups is 1. The van der Waals surface area contributed by atoms with Crippen molar-refractivity contribution in [3.8, 4) is 5.75 Å². The fraction of sp³-hybridized carbons (Fsp3) is 0.133. The van der Waals surface area contributed by atoms with Crippen LogP contribution in [0.3, 0.4) is 0 Å². The summed E-state index contributed by atoms with van der Waals surface area (Å²) in [6.45, 7) is 0.566. The maximum atomic E-state index is 12.1. The number of hydrogen-bond acceptors (Lipinski definition) is 3. The molecule has 0 aliphatic heterocycles. The summed E-state index contributed by atoms with van der Waals surface area (Å²) in [6.07, 6.45) is 0.769. The number of halogens is 2. The molecule has 0 aliphatic carbocycles. The first kappa shape index (κ1) is 15.6. The lowest BCUT2D eigenvalue weighted by Gasteiger charge is -2.08. The second-order valence-corrected chi connectivity index (χ2v) is 5.29. The maximum Gasteiger partial charge on any atom is 0.255 e. The van der Waals surface area contributed by atoms with E-state index >= 15 is 0 Å². The number of nitrogens with one attached hydrogen (secondary N) is 1. The van der Waals surface area contributed by atoms with Crippen molar-refractivity contribution in [1.29, 1.82) is 0 Å². The summed E-state index contributed by atoms with van der Waals surface area (Å²) in [7, 11) is 0. The highest BCUT2D eigenvalue weighted by atomic mass is 35.5. The number of amides is 1. The van der Waals surface area contributed by atoms with Crippen LogP contribution in [0.1, 0.15) is 15.9 Å². The average Bonchev–Trinajstić information content (AvgIpc) is 2.45. The molecule has 110 valence electrons. The minimum absolute atomic E-state index is 0.0797. The van der Waals surface area contributed by atoms with E-state index in [2.05, 4.69) is 5.32 Å². The first-order valence-electron chi connectivity index (χ1n) is 6.29. The molecule has 0 spiro atoms. The lowest BCUT2D eigenvalue weighted by atomic mass is 10.1. The summed E-state index contributed by atoms with van der Waals surface area (Å²) in [4.78, 5) is 12.1. The summed E-state index contributed by atoms with van der Waals surface area (Å²) in [5, 5.41) is 12.3. The first-order chi connectivity index (χ1) is 10.0. The molecule has 4 nitrogen and oxygen atoms in total. The van der Waals surface area contributed by atoms with Crippen molar-refractivity contribution < 1.29 is 9.90 Å². The Kier molecular flexibility index (Phi) is 5.07. The molecule has 0 saturated heterocycles. The molecule has 0 saturated carbocycles. The molecule has 0 bridgehead atoms. The summed E-state index contributed by atoms with van der Waals surface area (Å²) in [5.74, 6) is -0.491. The number of rotatable bonds is 4. The fourth-order valence-electron chi connectivity index (χ4n) is 1.83. The molecule has 2 rings (SSSR count). The van der Waals surface area contributed by atoms with Gasteiger partial charge in [-0.1, -0.05) is 35.3 Å². The number of phenols is 1. The van der Waals surface area contributed by atoms with Gasteiger partial charge in [0.15, 0.2) is 5.75 Å². The number of nitrogens with two attached hydrogens (primary N) is 1. The molecule has 2 aromatic carbocycles. The highest BCUT2D eigenvalue weighted by Crippen LogP contribution is 2.34. The van der Waals surface area contributed by atoms with E-state index in [0.29, 0.717) is 17.8 Å². The van der Waals surface area contributed by atoms with Crippen LogP contribution in [-0.4, -0.2) is 17.6 Å². The molecule has 1 amide bonds. The van der Waals surface area contributed by atoms with Crippen LogP contribution >= 0.6 is 23.2 Å². The van der Waals surface area contributed by atoms with Gasteiger partial charge >= 0.3 is 0 Å². The molecule has 0 aromatic heterocycles. The quantitative estimate of drug-likeness (QED) is 0.754. The van der Waals surface area contributed by atoms with Crippen molar-refractivity contribution in [1.82, 2.24) is 0 Å². The van der Waals surface area contributed by atoms with Gasteiger partial charge in [-0.05, 0) is 42.8 Å². The highest BCUT2D eigenvalue weighted by Gasteiger charge is 2.10. The van der Waals surface area contributed by atoms with E-state index in [1.165, 1.54) is 12.1 Å². The summed E-state index contributed by atoms with van der Waals surface area (Å²) >= 11 is 11.6. The molecule has 0 unspecified atom stereocenters. The van der Waals surface area contributed by atoms with E-state index in [0.717, 1.165) is 12.0 Å². The van der Waals surface area contributed by atoms with Crippen molar-refractivity contribution in [2.24, 2.45) is 5.73 Å². The van der Waals surface area contributed by atoms with E-state index in [1.807, 2.05) is 12.1 Å². The minimum atomic E-state index is -0.285. The molecule has 4 N–H and O–H groups in total. The van der Waals surface area contributed by atoms with Gasteiger partial charge in [0.25, 0.3) is 5.91 Å². The van der Waals surface area contributed by atoms with E-state index in [-0.39, 0.29) is 21.7 Å². The number of carbonyl (C=O) groups is 1. The molecule has 2 aromatic rings. The lowest BCUT2D eigenvalue weighted by Crippen LogP contribution is -2.12. The van der Waals surface area contributed by atoms with Crippen molar-refractivity contribution in [3.63, 3.8) is 0 Å². The van der Waals surface area contributed by atoms with Crippen LogP contribution in [0.15, 0.2) is 36.4 Å². The van der Waals surface area contributed by atoms with Crippen molar-refractivity contribution >= 4 is 34.8 Å². The highest BCUT2D eigenvalue weighted by molar-refractivity contribution is 6.37. The number of phenolic OH excluding ortho intramolecular Hbond substituents is 1. The molecule has 21 heavy (non-hydrogen) atoms. The van der Waals surface area contributed by atoms with Crippen LogP contribution in [0, 0.1) is 0 Å². The van der Waals surface area contributed by atoms with Crippen LogP contribution in [0.25, 0.3) is 0 Å². The van der Waals surface area contributed by atoms with Gasteiger partial charge in [0.2, 0.25) is 0 Å². The number of anilines is 1. The second-order valence-electron chi connectivity index (χ2n) is 4.48. The van der Waals surface area contributed by atoms with Crippen LogP contribution < -0.4 is 11.1 Å². The Balaban J connectivity index is 2.14. The largest absolute Gasteiger partial charge is 0.505 e. The monoisotopic (exact) mass is 324 g/mol. The zero-order valence-electron chi connectivity index (χ0n) is 11.1. The van der Waals surface area contributed by atoms with E-state index in [9.17, 15) is 9.90 Å². The van der Waals surface area contributed by atoms with Gasteiger partial charge in [0, 0.05) is 11.3 Å². The molecule has 6 heteroatoms. The lowest BCUT2D eigenvalue weighted by molar-refractivity contribution is 0.102. The second kappa shape index (κ2) is 6.80. The third kappa shape index (κ3) is 3.88. The van der Waals surface area contributed by atoms with Crippen molar-refractivity contribution in [3.05, 3.63) is 57.6 Å². The third-order valence-electron chi connectivity index (χ3n) is 2.92. The van der Waals surface area contributed by atoms with Gasteiger partial charge in [-0.15, -0.1) is 0 Å². The third-order valence-corrected chi connectivity index (χ3v) is 3.50. The van der Waals surface area contributed by atoms with Crippen LogP contribution in [-0.2, 0) is 6.42 Å². The SMILES string of the molecule is NCCc1ccc(C(=O)Nc2cc(Cl)c(O)c(Cl)c2)cc1. The molecule has 0 radical (unpaired) electrons. The maximum absolute atomic E-state index is 12.1. The summed E-state index contributed by atoms with van der Waals surface area (Å²) in [5.41, 5.74) is 7.48. The molecule has 0 atom stereocenters. The molecule has 0 aliphatic rings. The van der Waals surface area contributed by atoms with Gasteiger partial charge in [-0.25, -0.2) is 0 Å². The molecule has 0 fully saturated rings. The molecular formula is C15H14Cl2N2O2. The van der Waals surface area contributed by atoms with Gasteiger partial charge in [0.05, 0.1) is 10.0 Å². The Morgan fingerprint density at radius 1 is 1.14 bits per heavy atom. The van der Waals surface area contributed by atoms with Crippen LogP contribution in [0.2, 0.25) is 10.0 Å². The smallest absolute Gasteiger partial charge is 0.255 e. The Labute approximate surface area is 132 Å². The molecular weight excluding hydrogens is 311 g/mol. The summed E-state index contributed by atoms with van der Waals surface area (Å²) in [6, 6.07) is 10.0. The van der Waals surface area contributed by atoms with Gasteiger partial charge in [0.1, 0.15) is 0 Å². The van der Waals surface area contributed by atoms with Crippen molar-refractivity contribution in [2.45, 2.75) is 6.42 Å². The van der Waals surface area contributed by atoms with E-state index in [1.54, 1.807) is 12.1 Å². The predicted octanol–water partition coefficient (Wildman–Crippen LogP) is 3.45. The fourth-order valence-corrected chi connectivity index (χ4v) is 2.32. The topological polar surface area (TPSA) is 75.4 Å². The summed E-state index contributed by atoms with van der Waals surface area (Å²) < 4.78 is 0. The number of hydrogen-bond donors (Lipinski definition) is 3. The number of carbonyl (C=O) groups excluding carboxylic acids is 1. The Bertz CT molecular complexity index is 634. The van der Waals surface area contributed by atoms with Crippen LogP contribution in [0.5, 0.6) is 5.75 Å². The average molecular weight is 325 g/mol. The van der Waals surface area contributed by atoms with Gasteiger partial charge in [-0.2, -0.15) is 0 Å². The predicted molar refractivity (Wildman–Crippen MR) is 85.3 cm³/mol. The first-order valence-corrected chi connectivity index (χ1v) is 7.05. The zero-order chi connectivity index (χ0) is 15.4. The van der Waals surface area contributed by atoms with E-state index < -0.39 is 0 Å². The standard InChI is InChI=1S/C15H14Cl2N2O2/c16-12-7-11(8-13(17)14(12)20)19-15(21)10-3-1-9(2-4-10)5-6-18/h1-4,7-8,20H,5-6,18H2,(H,19,21). The van der Waals surface area contributed by atoms with Crippen molar-refractivity contribution in [2.75, 3.05) is 11.9 Å². The zero-order valence-corrected chi connectivity index (χ0v) is 12.6. The number of benzene rings is 2. The normalized spacial score (nSPS) is 10.4. The van der Waals surface area contributed by atoms with Gasteiger partial charge in [-0.3, -0.25) is 4.79 Å². The molecule has 0 heterocycles.